The smallest absolute Gasteiger partial charge is 0.355 e. The average Bonchev–Trinajstić information content (AvgIpc) is 3.27. The number of thiazole rings is 1. The molecule has 0 aliphatic heterocycles. The van der Waals surface area contributed by atoms with Crippen molar-refractivity contribution in [2.45, 2.75) is 45.4 Å². The summed E-state index contributed by atoms with van der Waals surface area (Å²) in [6.45, 7) is 0. The van der Waals surface area contributed by atoms with Crippen LogP contribution in [-0.4, -0.2) is 22.0 Å². The van der Waals surface area contributed by atoms with E-state index in [4.69, 9.17) is 28.3 Å². The highest BCUT2D eigenvalue weighted by atomic mass is 35.5. The topological polar surface area (TPSA) is 79.3 Å². The first-order chi connectivity index (χ1) is 12.4. The number of rotatable bonds is 6. The number of nitrogens with one attached hydrogen (secondary N) is 1. The Hall–Kier alpha value is -1.63. The summed E-state index contributed by atoms with van der Waals surface area (Å²) in [5.74, 6) is -1.22. The third-order valence-electron chi connectivity index (χ3n) is 4.66. The summed E-state index contributed by atoms with van der Waals surface area (Å²) in [6.07, 6.45) is 5.33. The molecule has 2 aromatic rings. The normalized spacial score (nSPS) is 15.2. The minimum atomic E-state index is -1.12. The van der Waals surface area contributed by atoms with Gasteiger partial charge in [0, 0.05) is 5.38 Å². The van der Waals surface area contributed by atoms with Gasteiger partial charge >= 0.3 is 5.97 Å². The molecule has 8 heteroatoms. The molecule has 1 aromatic heterocycles. The van der Waals surface area contributed by atoms with Gasteiger partial charge < -0.3 is 10.4 Å². The number of benzene rings is 1. The Labute approximate surface area is 172 Å². The molecule has 1 aromatic carbocycles. The van der Waals surface area contributed by atoms with Crippen LogP contribution in [0.25, 0.3) is 0 Å². The molecule has 1 atom stereocenters. The minimum Gasteiger partial charge on any atom is -0.476 e. The second-order valence-electron chi connectivity index (χ2n) is 6.44. The quantitative estimate of drug-likeness (QED) is 0.583. The minimum absolute atomic E-state index is 0. The molecular weight excluding hydrogens is 407 g/mol. The average molecular weight is 429 g/mol. The molecule has 0 bridgehead atoms. The Morgan fingerprint density at radius 1 is 1.26 bits per heavy atom. The highest BCUT2D eigenvalue weighted by Gasteiger charge is 2.28. The number of carbonyl (C=O) groups excluding carboxylic acids is 1. The van der Waals surface area contributed by atoms with E-state index in [2.05, 4.69) is 10.3 Å². The molecule has 146 valence electrons. The molecule has 1 heterocycles. The lowest BCUT2D eigenvalue weighted by molar-refractivity contribution is -0.118. The highest BCUT2D eigenvalue weighted by molar-refractivity contribution is 7.14. The predicted molar refractivity (Wildman–Crippen MR) is 110 cm³/mol. The third-order valence-corrected chi connectivity index (χ3v) is 6.16. The zero-order chi connectivity index (χ0) is 18.7. The van der Waals surface area contributed by atoms with Crippen LogP contribution < -0.4 is 5.32 Å². The molecule has 27 heavy (non-hydrogen) atoms. The second-order valence-corrected chi connectivity index (χ2v) is 8.12. The van der Waals surface area contributed by atoms with Crippen molar-refractivity contribution in [3.05, 3.63) is 44.9 Å². The Bertz CT molecular complexity index is 819. The molecule has 1 aliphatic carbocycles. The highest BCUT2D eigenvalue weighted by Crippen LogP contribution is 2.36. The van der Waals surface area contributed by atoms with E-state index in [0.717, 1.165) is 36.2 Å². The van der Waals surface area contributed by atoms with Crippen LogP contribution in [0, 0.1) is 5.92 Å². The number of carboxylic acid groups (broad SMARTS) is 1. The van der Waals surface area contributed by atoms with Crippen LogP contribution in [0.5, 0.6) is 0 Å². The molecule has 2 N–H and O–H groups in total. The van der Waals surface area contributed by atoms with E-state index >= 15 is 0 Å². The van der Waals surface area contributed by atoms with Crippen LogP contribution in [0.15, 0.2) is 23.6 Å². The summed E-state index contributed by atoms with van der Waals surface area (Å²) in [4.78, 5) is 27.8. The van der Waals surface area contributed by atoms with Gasteiger partial charge in [-0.1, -0.05) is 62.4 Å². The summed E-state index contributed by atoms with van der Waals surface area (Å²) in [5, 5.41) is 14.3. The number of hydrogen-bond acceptors (Lipinski definition) is 4. The van der Waals surface area contributed by atoms with Crippen molar-refractivity contribution in [1.29, 1.82) is 0 Å². The van der Waals surface area contributed by atoms with Gasteiger partial charge in [0.15, 0.2) is 10.8 Å². The van der Waals surface area contributed by atoms with Crippen molar-refractivity contribution in [2.75, 3.05) is 5.32 Å². The van der Waals surface area contributed by atoms with Crippen molar-refractivity contribution < 1.29 is 14.7 Å². The Balaban J connectivity index is 0.00000261. The van der Waals surface area contributed by atoms with Crippen molar-refractivity contribution in [3.8, 4) is 0 Å². The summed E-state index contributed by atoms with van der Waals surface area (Å²) >= 11 is 13.2. The van der Waals surface area contributed by atoms with Gasteiger partial charge in [0.05, 0.1) is 16.0 Å². The van der Waals surface area contributed by atoms with Gasteiger partial charge in [-0.25, -0.2) is 9.78 Å². The molecular formula is C19H22Cl2N2O3S. The van der Waals surface area contributed by atoms with Crippen molar-refractivity contribution in [1.82, 2.24) is 4.98 Å². The van der Waals surface area contributed by atoms with Crippen LogP contribution in [0.1, 0.15) is 61.5 Å². The first-order valence-electron chi connectivity index (χ1n) is 8.38. The van der Waals surface area contributed by atoms with E-state index in [-0.39, 0.29) is 30.1 Å². The molecule has 0 radical (unpaired) electrons. The first-order valence-corrected chi connectivity index (χ1v) is 10.0. The molecule has 5 nitrogen and oxygen atoms in total. The maximum Gasteiger partial charge on any atom is 0.355 e. The molecule has 1 amide bonds. The Morgan fingerprint density at radius 2 is 1.96 bits per heavy atom. The first kappa shape index (κ1) is 21.7. The van der Waals surface area contributed by atoms with Crippen LogP contribution in [-0.2, 0) is 4.79 Å². The van der Waals surface area contributed by atoms with Crippen molar-refractivity contribution in [2.24, 2.45) is 5.92 Å². The monoisotopic (exact) mass is 428 g/mol. The lowest BCUT2D eigenvalue weighted by Crippen LogP contribution is -2.23. The summed E-state index contributed by atoms with van der Waals surface area (Å²) in [6, 6.07) is 5.24. The van der Waals surface area contributed by atoms with E-state index < -0.39 is 5.97 Å². The number of nitrogens with zero attached hydrogens (tertiary/aromatic N) is 1. The predicted octanol–water partition coefficient (Wildman–Crippen LogP) is 6.09. The fourth-order valence-corrected chi connectivity index (χ4v) is 4.32. The van der Waals surface area contributed by atoms with Gasteiger partial charge in [-0.15, -0.1) is 11.3 Å². The van der Waals surface area contributed by atoms with Gasteiger partial charge in [-0.05, 0) is 30.0 Å². The van der Waals surface area contributed by atoms with Gasteiger partial charge in [-0.2, -0.15) is 0 Å². The standard InChI is InChI=1S/C18H18Cl2N2O3S.CH4/c19-13-6-5-11(8-14(13)20)12(7-10-3-1-2-4-10)16(23)22-18-21-15(9-26-18)17(24)25;/h5-6,8-10,12H,1-4,7H2,(H,24,25)(H,21,22,23);1H4. The molecule has 1 aliphatic rings. The summed E-state index contributed by atoms with van der Waals surface area (Å²) < 4.78 is 0. The fourth-order valence-electron chi connectivity index (χ4n) is 3.32. The number of aromatic nitrogens is 1. The maximum atomic E-state index is 12.9. The number of hydrogen-bond donors (Lipinski definition) is 2. The molecule has 1 fully saturated rings. The lowest BCUT2D eigenvalue weighted by atomic mass is 9.87. The van der Waals surface area contributed by atoms with Gasteiger partial charge in [0.2, 0.25) is 5.91 Å². The summed E-state index contributed by atoms with van der Waals surface area (Å²) in [5.41, 5.74) is 0.728. The van der Waals surface area contributed by atoms with Crippen molar-refractivity contribution >= 4 is 51.5 Å². The van der Waals surface area contributed by atoms with E-state index in [9.17, 15) is 9.59 Å². The second kappa shape index (κ2) is 9.53. The molecule has 0 spiro atoms. The SMILES string of the molecule is C.O=C(O)c1csc(NC(=O)C(CC2CCCC2)c2ccc(Cl)c(Cl)c2)n1. The summed E-state index contributed by atoms with van der Waals surface area (Å²) in [7, 11) is 0. The van der Waals surface area contributed by atoms with Crippen LogP contribution in [0.3, 0.4) is 0 Å². The van der Waals surface area contributed by atoms with Crippen LogP contribution in [0.4, 0.5) is 5.13 Å². The number of aromatic carboxylic acids is 1. The van der Waals surface area contributed by atoms with E-state index in [0.29, 0.717) is 16.0 Å². The molecule has 0 saturated heterocycles. The zero-order valence-corrected chi connectivity index (χ0v) is 16.2. The number of amides is 1. The van der Waals surface area contributed by atoms with Gasteiger partial charge in [-0.3, -0.25) is 4.79 Å². The van der Waals surface area contributed by atoms with Crippen molar-refractivity contribution in [3.63, 3.8) is 0 Å². The Morgan fingerprint density at radius 3 is 2.56 bits per heavy atom. The largest absolute Gasteiger partial charge is 0.476 e. The van der Waals surface area contributed by atoms with E-state index in [1.54, 1.807) is 12.1 Å². The number of anilines is 1. The number of carbonyl (C=O) groups is 2. The number of halogens is 2. The molecule has 1 unspecified atom stereocenters. The Kier molecular flexibility index (Phi) is 7.65. The fraction of sp³-hybridized carbons (Fsp3) is 0.421. The number of carboxylic acids is 1. The third kappa shape index (κ3) is 5.43. The van der Waals surface area contributed by atoms with Crippen LogP contribution >= 0.6 is 34.5 Å². The van der Waals surface area contributed by atoms with E-state index in [1.165, 1.54) is 18.2 Å². The lowest BCUT2D eigenvalue weighted by Gasteiger charge is -2.20. The maximum absolute atomic E-state index is 12.9. The van der Waals surface area contributed by atoms with Gasteiger partial charge in [0.25, 0.3) is 0 Å². The molecule has 1 saturated carbocycles. The van der Waals surface area contributed by atoms with E-state index in [1.807, 2.05) is 6.07 Å². The van der Waals surface area contributed by atoms with Crippen LogP contribution in [0.2, 0.25) is 10.0 Å². The molecule has 3 rings (SSSR count). The zero-order valence-electron chi connectivity index (χ0n) is 13.9. The van der Waals surface area contributed by atoms with Gasteiger partial charge in [0.1, 0.15) is 0 Å².